The van der Waals surface area contributed by atoms with E-state index in [0.29, 0.717) is 12.8 Å². The molecular formula is C17H24BrN3O3. The average molecular weight is 398 g/mol. The molecule has 24 heavy (non-hydrogen) atoms. The van der Waals surface area contributed by atoms with E-state index in [1.54, 1.807) is 14.2 Å². The van der Waals surface area contributed by atoms with Crippen molar-refractivity contribution in [1.29, 1.82) is 0 Å². The van der Waals surface area contributed by atoms with Gasteiger partial charge in [0.15, 0.2) is 0 Å². The Kier molecular flexibility index (Phi) is 6.37. The Morgan fingerprint density at radius 1 is 1.38 bits per heavy atom. The summed E-state index contributed by atoms with van der Waals surface area (Å²) in [6.45, 7) is 3.38. The van der Waals surface area contributed by atoms with E-state index >= 15 is 0 Å². The number of carbonyl (C=O) groups excluding carboxylic acids is 2. The number of amides is 2. The summed E-state index contributed by atoms with van der Waals surface area (Å²) in [5.41, 5.74) is 0.874. The second-order valence-corrected chi connectivity index (χ2v) is 7.03. The lowest BCUT2D eigenvalue weighted by molar-refractivity contribution is -0.157. The van der Waals surface area contributed by atoms with Crippen molar-refractivity contribution in [3.8, 4) is 0 Å². The minimum atomic E-state index is -0.826. The van der Waals surface area contributed by atoms with Crippen molar-refractivity contribution in [3.63, 3.8) is 0 Å². The van der Waals surface area contributed by atoms with Crippen LogP contribution in [0, 0.1) is 6.92 Å². The van der Waals surface area contributed by atoms with Crippen molar-refractivity contribution in [1.82, 2.24) is 10.2 Å². The molecule has 1 heterocycles. The third-order valence-corrected chi connectivity index (χ3v) is 4.87. The molecule has 1 aliphatic heterocycles. The SMILES string of the molecule is COC1(C(=O)N(C)CC(=O)Nc2ccc(Br)cc2C)CCNCC1. The first-order chi connectivity index (χ1) is 11.4. The molecule has 132 valence electrons. The molecule has 0 radical (unpaired) electrons. The normalized spacial score (nSPS) is 16.5. The van der Waals surface area contributed by atoms with Crippen molar-refractivity contribution >= 4 is 33.4 Å². The molecule has 0 saturated carbocycles. The highest BCUT2D eigenvalue weighted by Gasteiger charge is 2.41. The second kappa shape index (κ2) is 8.09. The van der Waals surface area contributed by atoms with Gasteiger partial charge in [-0.3, -0.25) is 9.59 Å². The number of piperidine rings is 1. The van der Waals surface area contributed by atoms with Gasteiger partial charge in [-0.15, -0.1) is 0 Å². The number of hydrogen-bond acceptors (Lipinski definition) is 4. The Morgan fingerprint density at radius 3 is 2.62 bits per heavy atom. The van der Waals surface area contributed by atoms with Gasteiger partial charge < -0.3 is 20.3 Å². The van der Waals surface area contributed by atoms with Gasteiger partial charge in [0.05, 0.1) is 6.54 Å². The topological polar surface area (TPSA) is 70.7 Å². The van der Waals surface area contributed by atoms with E-state index in [2.05, 4.69) is 26.6 Å². The van der Waals surface area contributed by atoms with Crippen LogP contribution in [0.5, 0.6) is 0 Å². The predicted molar refractivity (Wildman–Crippen MR) is 97.0 cm³/mol. The molecule has 2 rings (SSSR count). The minimum absolute atomic E-state index is 0.00707. The van der Waals surface area contributed by atoms with Crippen molar-refractivity contribution in [3.05, 3.63) is 28.2 Å². The van der Waals surface area contributed by atoms with Crippen molar-refractivity contribution in [2.75, 3.05) is 39.1 Å². The standard InChI is InChI=1S/C17H24BrN3O3/c1-12-10-13(18)4-5-14(12)20-15(22)11-21(2)16(23)17(24-3)6-8-19-9-7-17/h4-5,10,19H,6-9,11H2,1-3H3,(H,20,22). The Morgan fingerprint density at radius 2 is 2.04 bits per heavy atom. The molecule has 7 heteroatoms. The minimum Gasteiger partial charge on any atom is -0.368 e. The van der Waals surface area contributed by atoms with Crippen LogP contribution in [0.25, 0.3) is 0 Å². The van der Waals surface area contributed by atoms with Crippen LogP contribution < -0.4 is 10.6 Å². The molecule has 0 atom stereocenters. The number of aryl methyl sites for hydroxylation is 1. The van der Waals surface area contributed by atoms with Gasteiger partial charge in [-0.05, 0) is 56.6 Å². The summed E-state index contributed by atoms with van der Waals surface area (Å²) < 4.78 is 6.48. The molecule has 1 aromatic rings. The summed E-state index contributed by atoms with van der Waals surface area (Å²) >= 11 is 3.40. The van der Waals surface area contributed by atoms with Crippen LogP contribution >= 0.6 is 15.9 Å². The Labute approximate surface area is 151 Å². The van der Waals surface area contributed by atoms with Gasteiger partial charge in [0.1, 0.15) is 5.60 Å². The van der Waals surface area contributed by atoms with Crippen molar-refractivity contribution in [2.45, 2.75) is 25.4 Å². The van der Waals surface area contributed by atoms with E-state index in [0.717, 1.165) is 28.8 Å². The Hall–Kier alpha value is -1.44. The molecule has 0 bridgehead atoms. The highest BCUT2D eigenvalue weighted by atomic mass is 79.9. The fourth-order valence-electron chi connectivity index (χ4n) is 2.93. The summed E-state index contributed by atoms with van der Waals surface area (Å²) in [5, 5.41) is 6.07. The second-order valence-electron chi connectivity index (χ2n) is 6.12. The summed E-state index contributed by atoms with van der Waals surface area (Å²) in [4.78, 5) is 26.5. The number of hydrogen-bond donors (Lipinski definition) is 2. The zero-order valence-corrected chi connectivity index (χ0v) is 15.9. The molecule has 1 aliphatic rings. The van der Waals surface area contributed by atoms with Crippen LogP contribution in [0.3, 0.4) is 0 Å². The molecule has 0 aliphatic carbocycles. The maximum Gasteiger partial charge on any atom is 0.255 e. The number of anilines is 1. The third-order valence-electron chi connectivity index (χ3n) is 4.38. The number of ether oxygens (including phenoxy) is 1. The van der Waals surface area contributed by atoms with E-state index in [4.69, 9.17) is 4.74 Å². The molecule has 0 spiro atoms. The average Bonchev–Trinajstić information content (AvgIpc) is 2.57. The van der Waals surface area contributed by atoms with E-state index in [1.807, 2.05) is 25.1 Å². The van der Waals surface area contributed by atoms with Gasteiger partial charge in [-0.1, -0.05) is 15.9 Å². The number of likely N-dealkylation sites (N-methyl/N-ethyl adjacent to an activating group) is 1. The van der Waals surface area contributed by atoms with Crippen molar-refractivity contribution in [2.24, 2.45) is 0 Å². The highest BCUT2D eigenvalue weighted by Crippen LogP contribution is 2.25. The fraction of sp³-hybridized carbons (Fsp3) is 0.529. The van der Waals surface area contributed by atoms with Crippen LogP contribution in [-0.2, 0) is 14.3 Å². The lowest BCUT2D eigenvalue weighted by Crippen LogP contribution is -2.55. The van der Waals surface area contributed by atoms with Crippen LogP contribution in [0.2, 0.25) is 0 Å². The molecule has 1 aromatic carbocycles. The summed E-state index contributed by atoms with van der Waals surface area (Å²) in [6, 6.07) is 5.63. The van der Waals surface area contributed by atoms with E-state index in [9.17, 15) is 9.59 Å². The number of carbonyl (C=O) groups is 2. The smallest absolute Gasteiger partial charge is 0.255 e. The molecule has 1 fully saturated rings. The number of nitrogens with one attached hydrogen (secondary N) is 2. The van der Waals surface area contributed by atoms with Crippen LogP contribution in [-0.4, -0.2) is 56.1 Å². The zero-order valence-electron chi connectivity index (χ0n) is 14.3. The van der Waals surface area contributed by atoms with Gasteiger partial charge in [0.25, 0.3) is 5.91 Å². The first kappa shape index (κ1) is 18.9. The van der Waals surface area contributed by atoms with Gasteiger partial charge in [0, 0.05) is 24.3 Å². The number of rotatable bonds is 5. The molecule has 0 aromatic heterocycles. The van der Waals surface area contributed by atoms with Crippen LogP contribution in [0.4, 0.5) is 5.69 Å². The molecule has 0 unspecified atom stereocenters. The van der Waals surface area contributed by atoms with Gasteiger partial charge in [-0.2, -0.15) is 0 Å². The Bertz CT molecular complexity index is 615. The quantitative estimate of drug-likeness (QED) is 0.795. The predicted octanol–water partition coefficient (Wildman–Crippen LogP) is 1.92. The first-order valence-corrected chi connectivity index (χ1v) is 8.75. The maximum atomic E-state index is 12.7. The number of nitrogens with zero attached hydrogens (tertiary/aromatic N) is 1. The van der Waals surface area contributed by atoms with Crippen LogP contribution in [0.15, 0.2) is 22.7 Å². The molecule has 1 saturated heterocycles. The molecular weight excluding hydrogens is 374 g/mol. The summed E-state index contributed by atoms with van der Waals surface area (Å²) in [7, 11) is 3.20. The monoisotopic (exact) mass is 397 g/mol. The maximum absolute atomic E-state index is 12.7. The summed E-state index contributed by atoms with van der Waals surface area (Å²) in [5.74, 6) is -0.370. The van der Waals surface area contributed by atoms with Gasteiger partial charge in [0.2, 0.25) is 5.91 Å². The van der Waals surface area contributed by atoms with E-state index in [-0.39, 0.29) is 18.4 Å². The largest absolute Gasteiger partial charge is 0.368 e. The first-order valence-electron chi connectivity index (χ1n) is 7.95. The number of methoxy groups -OCH3 is 1. The molecule has 6 nitrogen and oxygen atoms in total. The molecule has 2 amide bonds. The van der Waals surface area contributed by atoms with E-state index < -0.39 is 5.60 Å². The van der Waals surface area contributed by atoms with Gasteiger partial charge in [-0.25, -0.2) is 0 Å². The van der Waals surface area contributed by atoms with Crippen LogP contribution in [0.1, 0.15) is 18.4 Å². The molecule has 2 N–H and O–H groups in total. The summed E-state index contributed by atoms with van der Waals surface area (Å²) in [6.07, 6.45) is 1.22. The van der Waals surface area contributed by atoms with Gasteiger partial charge >= 0.3 is 0 Å². The van der Waals surface area contributed by atoms with E-state index in [1.165, 1.54) is 4.90 Å². The fourth-order valence-corrected chi connectivity index (χ4v) is 3.40. The third kappa shape index (κ3) is 4.34. The highest BCUT2D eigenvalue weighted by molar-refractivity contribution is 9.10. The van der Waals surface area contributed by atoms with Crippen molar-refractivity contribution < 1.29 is 14.3 Å². The zero-order chi connectivity index (χ0) is 17.7. The number of benzene rings is 1. The number of halogens is 1. The lowest BCUT2D eigenvalue weighted by atomic mass is 9.90. The Balaban J connectivity index is 1.98. The lowest BCUT2D eigenvalue weighted by Gasteiger charge is -2.37.